The van der Waals surface area contributed by atoms with Gasteiger partial charge in [-0.05, 0) is 25.5 Å². The number of methoxy groups -OCH3 is 1. The largest absolute Gasteiger partial charge is 0.497 e. The molecule has 0 aliphatic carbocycles. The molecule has 1 aliphatic heterocycles. The highest BCUT2D eigenvalue weighted by Crippen LogP contribution is 2.28. The lowest BCUT2D eigenvalue weighted by Crippen LogP contribution is -2.19. The van der Waals surface area contributed by atoms with E-state index in [9.17, 15) is 0 Å². The zero-order valence-corrected chi connectivity index (χ0v) is 12.6. The second kappa shape index (κ2) is 5.62. The molecule has 1 aromatic heterocycles. The number of halogens is 1. The van der Waals surface area contributed by atoms with Crippen molar-refractivity contribution in [3.05, 3.63) is 24.0 Å². The molecule has 0 bridgehead atoms. The predicted octanol–water partition coefficient (Wildman–Crippen LogP) is 3.21. The van der Waals surface area contributed by atoms with Crippen molar-refractivity contribution in [2.45, 2.75) is 31.9 Å². The number of fused-ring (bicyclic) bond motifs is 1. The first-order chi connectivity index (χ1) is 9.72. The van der Waals surface area contributed by atoms with Crippen molar-refractivity contribution in [3.63, 3.8) is 0 Å². The topological polar surface area (TPSA) is 36.3 Å². The number of rotatable bonds is 4. The van der Waals surface area contributed by atoms with E-state index in [1.165, 1.54) is 0 Å². The molecular weight excluding hydrogens is 276 g/mol. The molecule has 1 saturated heterocycles. The van der Waals surface area contributed by atoms with Gasteiger partial charge in [0, 0.05) is 25.1 Å². The van der Waals surface area contributed by atoms with Gasteiger partial charge in [0.1, 0.15) is 11.6 Å². The number of aromatic nitrogens is 2. The first-order valence-electron chi connectivity index (χ1n) is 6.93. The minimum atomic E-state index is 0.293. The molecule has 1 fully saturated rings. The number of ether oxygens (including phenoxy) is 2. The fourth-order valence-corrected chi connectivity index (χ4v) is 3.04. The van der Waals surface area contributed by atoms with Gasteiger partial charge in [-0.15, -0.1) is 11.6 Å². The van der Waals surface area contributed by atoms with Crippen LogP contribution in [0.3, 0.4) is 0 Å². The van der Waals surface area contributed by atoms with Gasteiger partial charge in [-0.25, -0.2) is 4.98 Å². The molecule has 3 rings (SSSR count). The van der Waals surface area contributed by atoms with E-state index in [0.29, 0.717) is 17.9 Å². The minimum Gasteiger partial charge on any atom is -0.497 e. The summed E-state index contributed by atoms with van der Waals surface area (Å²) in [6.07, 6.45) is 1.38. The molecular formula is C15H19ClN2O2. The van der Waals surface area contributed by atoms with Gasteiger partial charge in [-0.2, -0.15) is 0 Å². The molecule has 20 heavy (non-hydrogen) atoms. The monoisotopic (exact) mass is 294 g/mol. The highest BCUT2D eigenvalue weighted by molar-refractivity contribution is 6.16. The average Bonchev–Trinajstić information content (AvgIpc) is 3.03. The number of nitrogens with zero attached hydrogens (tertiary/aromatic N) is 2. The Morgan fingerprint density at radius 1 is 1.50 bits per heavy atom. The van der Waals surface area contributed by atoms with E-state index in [-0.39, 0.29) is 0 Å². The van der Waals surface area contributed by atoms with Gasteiger partial charge >= 0.3 is 0 Å². The van der Waals surface area contributed by atoms with E-state index in [4.69, 9.17) is 21.1 Å². The smallest absolute Gasteiger partial charge is 0.124 e. The fourth-order valence-electron chi connectivity index (χ4n) is 2.84. The van der Waals surface area contributed by atoms with Crippen molar-refractivity contribution in [3.8, 4) is 5.75 Å². The zero-order valence-electron chi connectivity index (χ0n) is 11.8. The molecule has 0 amide bonds. The Labute approximate surface area is 123 Å². The van der Waals surface area contributed by atoms with Crippen LogP contribution in [0, 0.1) is 5.92 Å². The van der Waals surface area contributed by atoms with Crippen LogP contribution < -0.4 is 4.74 Å². The lowest BCUT2D eigenvalue weighted by Gasteiger charge is -2.17. The van der Waals surface area contributed by atoms with Crippen LogP contribution in [0.5, 0.6) is 5.75 Å². The normalized spacial score (nSPS) is 22.6. The van der Waals surface area contributed by atoms with Crippen molar-refractivity contribution in [2.24, 2.45) is 5.92 Å². The zero-order chi connectivity index (χ0) is 14.1. The van der Waals surface area contributed by atoms with E-state index in [1.807, 2.05) is 18.2 Å². The van der Waals surface area contributed by atoms with Crippen molar-refractivity contribution in [1.29, 1.82) is 0 Å². The summed E-state index contributed by atoms with van der Waals surface area (Å²) in [6, 6.07) is 5.94. The highest BCUT2D eigenvalue weighted by atomic mass is 35.5. The number of benzene rings is 1. The van der Waals surface area contributed by atoms with E-state index >= 15 is 0 Å². The van der Waals surface area contributed by atoms with Gasteiger partial charge in [0.25, 0.3) is 0 Å². The average molecular weight is 295 g/mol. The van der Waals surface area contributed by atoms with Crippen LogP contribution in [0.25, 0.3) is 11.0 Å². The van der Waals surface area contributed by atoms with Gasteiger partial charge in [-0.1, -0.05) is 0 Å². The highest BCUT2D eigenvalue weighted by Gasteiger charge is 2.26. The van der Waals surface area contributed by atoms with Crippen LogP contribution in [-0.4, -0.2) is 29.4 Å². The summed E-state index contributed by atoms with van der Waals surface area (Å²) >= 11 is 6.05. The Morgan fingerprint density at radius 2 is 2.35 bits per heavy atom. The van der Waals surface area contributed by atoms with Crippen LogP contribution >= 0.6 is 11.6 Å². The molecule has 1 aliphatic rings. The summed E-state index contributed by atoms with van der Waals surface area (Å²) in [6.45, 7) is 3.88. The predicted molar refractivity (Wildman–Crippen MR) is 79.4 cm³/mol. The number of alkyl halides is 1. The first-order valence-corrected chi connectivity index (χ1v) is 7.47. The quantitative estimate of drug-likeness (QED) is 0.813. The van der Waals surface area contributed by atoms with Gasteiger partial charge in [0.2, 0.25) is 0 Å². The summed E-state index contributed by atoms with van der Waals surface area (Å²) in [5.41, 5.74) is 2.05. The fraction of sp³-hybridized carbons (Fsp3) is 0.533. The molecule has 4 nitrogen and oxygen atoms in total. The summed E-state index contributed by atoms with van der Waals surface area (Å²) in [7, 11) is 1.68. The summed E-state index contributed by atoms with van der Waals surface area (Å²) in [5, 5.41) is 0. The molecule has 0 radical (unpaired) electrons. The molecule has 2 atom stereocenters. The summed E-state index contributed by atoms with van der Waals surface area (Å²) in [5.74, 6) is 2.68. The van der Waals surface area contributed by atoms with Gasteiger partial charge in [0.15, 0.2) is 0 Å². The lowest BCUT2D eigenvalue weighted by atomic mass is 10.0. The third-order valence-electron chi connectivity index (χ3n) is 4.10. The first kappa shape index (κ1) is 13.7. The Kier molecular flexibility index (Phi) is 3.85. The molecule has 0 N–H and O–H groups in total. The Bertz CT molecular complexity index is 611. The second-order valence-electron chi connectivity index (χ2n) is 5.25. The van der Waals surface area contributed by atoms with Crippen LogP contribution in [0.2, 0.25) is 0 Å². The molecule has 0 spiro atoms. The molecule has 0 saturated carbocycles. The van der Waals surface area contributed by atoms with Crippen molar-refractivity contribution in [1.82, 2.24) is 9.55 Å². The molecule has 5 heteroatoms. The maximum Gasteiger partial charge on any atom is 0.124 e. The lowest BCUT2D eigenvalue weighted by molar-refractivity contribution is 0.102. The molecule has 108 valence electrons. The van der Waals surface area contributed by atoms with Crippen LogP contribution in [0.4, 0.5) is 0 Å². The standard InChI is InChI=1S/C15H19ClN2O2/c1-10-11(5-6-20-10)9-18-14-7-12(19-2)3-4-13(14)17-15(18)8-16/h3-4,7,10-11H,5-6,8-9H2,1-2H3. The van der Waals surface area contributed by atoms with Crippen LogP contribution in [-0.2, 0) is 17.2 Å². The molecule has 2 heterocycles. The van der Waals surface area contributed by atoms with Crippen molar-refractivity contribution in [2.75, 3.05) is 13.7 Å². The van der Waals surface area contributed by atoms with Gasteiger partial charge in [0.05, 0.1) is 30.1 Å². The number of hydrogen-bond acceptors (Lipinski definition) is 3. The molecule has 2 unspecified atom stereocenters. The third kappa shape index (κ3) is 2.38. The van der Waals surface area contributed by atoms with Crippen LogP contribution in [0.15, 0.2) is 18.2 Å². The molecule has 2 aromatic rings. The van der Waals surface area contributed by atoms with Gasteiger partial charge < -0.3 is 14.0 Å². The van der Waals surface area contributed by atoms with E-state index in [2.05, 4.69) is 16.5 Å². The SMILES string of the molecule is COc1ccc2nc(CCl)n(CC3CCOC3C)c2c1. The Morgan fingerprint density at radius 3 is 3.00 bits per heavy atom. The van der Waals surface area contributed by atoms with E-state index in [0.717, 1.165) is 42.2 Å². The van der Waals surface area contributed by atoms with Crippen molar-refractivity contribution >= 4 is 22.6 Å². The van der Waals surface area contributed by atoms with E-state index < -0.39 is 0 Å². The maximum absolute atomic E-state index is 6.05. The number of imidazole rings is 1. The van der Waals surface area contributed by atoms with Gasteiger partial charge in [-0.3, -0.25) is 0 Å². The molecule has 1 aromatic carbocycles. The summed E-state index contributed by atoms with van der Waals surface area (Å²) in [4.78, 5) is 4.61. The third-order valence-corrected chi connectivity index (χ3v) is 4.34. The summed E-state index contributed by atoms with van der Waals surface area (Å²) < 4.78 is 13.2. The second-order valence-corrected chi connectivity index (χ2v) is 5.52. The Balaban J connectivity index is 2.01. The minimum absolute atomic E-state index is 0.293. The number of hydrogen-bond donors (Lipinski definition) is 0. The Hall–Kier alpha value is -1.26. The van der Waals surface area contributed by atoms with Crippen LogP contribution in [0.1, 0.15) is 19.2 Å². The maximum atomic E-state index is 6.05. The van der Waals surface area contributed by atoms with Crippen molar-refractivity contribution < 1.29 is 9.47 Å². The van der Waals surface area contributed by atoms with E-state index in [1.54, 1.807) is 7.11 Å².